The van der Waals surface area contributed by atoms with E-state index < -0.39 is 0 Å². The van der Waals surface area contributed by atoms with Crippen LogP contribution in [0.1, 0.15) is 10.6 Å². The van der Waals surface area contributed by atoms with Crippen LogP contribution in [-0.4, -0.2) is 31.2 Å². The number of carbonyl (C=O) groups excluding carboxylic acids is 1. The Morgan fingerprint density at radius 1 is 1.38 bits per heavy atom. The molecule has 1 N–H and O–H groups in total. The standard InChI is InChI=1S/C15H17FN2O2S/c1-10-13(9-14(19)17-7-8-20-2)21-15(18-10)11-3-5-12(16)6-4-11/h3-6H,7-9H2,1-2H3,(H,17,19). The average Bonchev–Trinajstić information content (AvgIpc) is 2.81. The lowest BCUT2D eigenvalue weighted by atomic mass is 10.2. The van der Waals surface area contributed by atoms with Crippen molar-refractivity contribution >= 4 is 17.2 Å². The van der Waals surface area contributed by atoms with E-state index in [1.165, 1.54) is 23.5 Å². The Labute approximate surface area is 127 Å². The second kappa shape index (κ2) is 7.28. The first kappa shape index (κ1) is 15.6. The fraction of sp³-hybridized carbons (Fsp3) is 0.333. The zero-order valence-electron chi connectivity index (χ0n) is 12.0. The minimum absolute atomic E-state index is 0.0514. The zero-order chi connectivity index (χ0) is 15.2. The minimum Gasteiger partial charge on any atom is -0.383 e. The van der Waals surface area contributed by atoms with Crippen LogP contribution >= 0.6 is 11.3 Å². The van der Waals surface area contributed by atoms with Crippen LogP contribution in [0.15, 0.2) is 24.3 Å². The van der Waals surface area contributed by atoms with E-state index in [1.54, 1.807) is 19.2 Å². The number of hydrogen-bond acceptors (Lipinski definition) is 4. The van der Waals surface area contributed by atoms with Crippen LogP contribution in [0.5, 0.6) is 0 Å². The molecule has 0 atom stereocenters. The van der Waals surface area contributed by atoms with E-state index in [2.05, 4.69) is 10.3 Å². The van der Waals surface area contributed by atoms with Crippen molar-refractivity contribution in [1.29, 1.82) is 0 Å². The van der Waals surface area contributed by atoms with Crippen LogP contribution < -0.4 is 5.32 Å². The molecule has 2 rings (SSSR count). The molecule has 0 saturated carbocycles. The van der Waals surface area contributed by atoms with Gasteiger partial charge in [0, 0.05) is 24.1 Å². The number of aryl methyl sites for hydroxylation is 1. The van der Waals surface area contributed by atoms with Crippen LogP contribution in [0.25, 0.3) is 10.6 Å². The number of aromatic nitrogens is 1. The van der Waals surface area contributed by atoms with E-state index in [0.717, 1.165) is 21.1 Å². The minimum atomic E-state index is -0.273. The van der Waals surface area contributed by atoms with Crippen LogP contribution in [0, 0.1) is 12.7 Å². The van der Waals surface area contributed by atoms with Gasteiger partial charge in [-0.1, -0.05) is 0 Å². The predicted molar refractivity (Wildman–Crippen MR) is 80.8 cm³/mol. The van der Waals surface area contributed by atoms with Crippen LogP contribution in [0.4, 0.5) is 4.39 Å². The van der Waals surface area contributed by atoms with Gasteiger partial charge in [0.05, 0.1) is 18.7 Å². The van der Waals surface area contributed by atoms with E-state index in [-0.39, 0.29) is 11.7 Å². The molecule has 0 aliphatic carbocycles. The second-order valence-corrected chi connectivity index (χ2v) is 5.64. The van der Waals surface area contributed by atoms with Gasteiger partial charge in [-0.15, -0.1) is 11.3 Å². The normalized spacial score (nSPS) is 10.6. The molecule has 1 aromatic carbocycles. The molecule has 1 amide bonds. The van der Waals surface area contributed by atoms with Crippen molar-refractivity contribution in [3.05, 3.63) is 40.7 Å². The molecule has 6 heteroatoms. The Hall–Kier alpha value is -1.79. The fourth-order valence-electron chi connectivity index (χ4n) is 1.81. The van der Waals surface area contributed by atoms with Crippen molar-refractivity contribution in [2.45, 2.75) is 13.3 Å². The summed E-state index contributed by atoms with van der Waals surface area (Å²) < 4.78 is 17.8. The van der Waals surface area contributed by atoms with E-state index in [4.69, 9.17) is 4.74 Å². The maximum absolute atomic E-state index is 12.9. The number of methoxy groups -OCH3 is 1. The number of carbonyl (C=O) groups is 1. The number of halogens is 1. The molecule has 0 radical (unpaired) electrons. The molecule has 0 aliphatic heterocycles. The number of rotatable bonds is 6. The highest BCUT2D eigenvalue weighted by Gasteiger charge is 2.12. The Bertz CT molecular complexity index is 611. The quantitative estimate of drug-likeness (QED) is 0.835. The first-order chi connectivity index (χ1) is 10.1. The summed E-state index contributed by atoms with van der Waals surface area (Å²) in [7, 11) is 1.59. The van der Waals surface area contributed by atoms with E-state index in [1.807, 2.05) is 6.92 Å². The maximum Gasteiger partial charge on any atom is 0.225 e. The number of benzene rings is 1. The number of nitrogens with zero attached hydrogens (tertiary/aromatic N) is 1. The van der Waals surface area contributed by atoms with E-state index in [9.17, 15) is 9.18 Å². The first-order valence-electron chi connectivity index (χ1n) is 6.58. The summed E-state index contributed by atoms with van der Waals surface area (Å²) >= 11 is 1.46. The molecule has 21 heavy (non-hydrogen) atoms. The van der Waals surface area contributed by atoms with Gasteiger partial charge in [-0.25, -0.2) is 9.37 Å². The van der Waals surface area contributed by atoms with E-state index in [0.29, 0.717) is 19.6 Å². The zero-order valence-corrected chi connectivity index (χ0v) is 12.8. The Morgan fingerprint density at radius 3 is 2.76 bits per heavy atom. The predicted octanol–water partition coefficient (Wildman–Crippen LogP) is 2.56. The summed E-state index contributed by atoms with van der Waals surface area (Å²) in [5.41, 5.74) is 1.69. The van der Waals surface area contributed by atoms with Crippen molar-refractivity contribution in [1.82, 2.24) is 10.3 Å². The molecule has 1 heterocycles. The molecule has 0 bridgehead atoms. The van der Waals surface area contributed by atoms with Gasteiger partial charge in [-0.3, -0.25) is 4.79 Å². The lowest BCUT2D eigenvalue weighted by molar-refractivity contribution is -0.120. The van der Waals surface area contributed by atoms with Crippen molar-refractivity contribution in [2.24, 2.45) is 0 Å². The van der Waals surface area contributed by atoms with E-state index >= 15 is 0 Å². The number of amides is 1. The fourth-order valence-corrected chi connectivity index (χ4v) is 2.88. The molecule has 0 unspecified atom stereocenters. The second-order valence-electron chi connectivity index (χ2n) is 4.55. The van der Waals surface area contributed by atoms with Crippen LogP contribution in [0.3, 0.4) is 0 Å². The molecule has 4 nitrogen and oxygen atoms in total. The average molecular weight is 308 g/mol. The number of nitrogens with one attached hydrogen (secondary N) is 1. The van der Waals surface area contributed by atoms with Crippen molar-refractivity contribution in [3.8, 4) is 10.6 Å². The van der Waals surface area contributed by atoms with Gasteiger partial charge in [0.25, 0.3) is 0 Å². The topological polar surface area (TPSA) is 51.2 Å². The Balaban J connectivity index is 2.05. The summed E-state index contributed by atoms with van der Waals surface area (Å²) in [6.45, 7) is 2.87. The van der Waals surface area contributed by atoms with Gasteiger partial charge >= 0.3 is 0 Å². The third kappa shape index (κ3) is 4.34. The van der Waals surface area contributed by atoms with Gasteiger partial charge in [0.15, 0.2) is 0 Å². The monoisotopic (exact) mass is 308 g/mol. The van der Waals surface area contributed by atoms with Crippen LogP contribution in [0.2, 0.25) is 0 Å². The summed E-state index contributed by atoms with van der Waals surface area (Å²) in [5.74, 6) is -0.325. The van der Waals surface area contributed by atoms with Crippen LogP contribution in [-0.2, 0) is 16.0 Å². The third-order valence-electron chi connectivity index (χ3n) is 2.93. The van der Waals surface area contributed by atoms with Gasteiger partial charge in [-0.2, -0.15) is 0 Å². The van der Waals surface area contributed by atoms with Gasteiger partial charge < -0.3 is 10.1 Å². The van der Waals surface area contributed by atoms with Gasteiger partial charge in [0.2, 0.25) is 5.91 Å². The molecule has 1 aromatic heterocycles. The third-order valence-corrected chi connectivity index (χ3v) is 4.14. The summed E-state index contributed by atoms with van der Waals surface area (Å²) in [5, 5.41) is 3.58. The molecule has 112 valence electrons. The Kier molecular flexibility index (Phi) is 5.41. The summed E-state index contributed by atoms with van der Waals surface area (Å²) in [4.78, 5) is 17.2. The Morgan fingerprint density at radius 2 is 2.10 bits per heavy atom. The summed E-state index contributed by atoms with van der Waals surface area (Å²) in [6.07, 6.45) is 0.300. The van der Waals surface area contributed by atoms with Gasteiger partial charge in [-0.05, 0) is 31.2 Å². The van der Waals surface area contributed by atoms with Gasteiger partial charge in [0.1, 0.15) is 10.8 Å². The number of hydrogen-bond donors (Lipinski definition) is 1. The molecule has 0 saturated heterocycles. The highest BCUT2D eigenvalue weighted by Crippen LogP contribution is 2.28. The maximum atomic E-state index is 12.9. The largest absolute Gasteiger partial charge is 0.383 e. The number of ether oxygens (including phenoxy) is 1. The smallest absolute Gasteiger partial charge is 0.225 e. The molecular formula is C15H17FN2O2S. The molecular weight excluding hydrogens is 291 g/mol. The molecule has 0 fully saturated rings. The van der Waals surface area contributed by atoms with Crippen molar-refractivity contribution in [2.75, 3.05) is 20.3 Å². The molecule has 2 aromatic rings. The summed E-state index contributed by atoms with van der Waals surface area (Å²) in [6, 6.07) is 6.19. The SMILES string of the molecule is COCCNC(=O)Cc1sc(-c2ccc(F)cc2)nc1C. The molecule has 0 spiro atoms. The van der Waals surface area contributed by atoms with Crippen molar-refractivity contribution in [3.63, 3.8) is 0 Å². The van der Waals surface area contributed by atoms with Crippen molar-refractivity contribution < 1.29 is 13.9 Å². The highest BCUT2D eigenvalue weighted by molar-refractivity contribution is 7.15. The molecule has 0 aliphatic rings. The highest BCUT2D eigenvalue weighted by atomic mass is 32.1. The lowest BCUT2D eigenvalue weighted by Gasteiger charge is -2.03. The number of thiazole rings is 1. The first-order valence-corrected chi connectivity index (χ1v) is 7.39. The lowest BCUT2D eigenvalue weighted by Crippen LogP contribution is -2.28.